The van der Waals surface area contributed by atoms with Crippen LogP contribution in [0.4, 0.5) is 27.9 Å². The number of amides is 2. The Hall–Kier alpha value is -4.79. The maximum absolute atomic E-state index is 13.5. The minimum absolute atomic E-state index is 0.158. The highest BCUT2D eigenvalue weighted by Gasteiger charge is 2.31. The number of imidazole rings is 1. The number of anilines is 4. The van der Waals surface area contributed by atoms with Gasteiger partial charge in [0.15, 0.2) is 0 Å². The van der Waals surface area contributed by atoms with E-state index >= 15 is 0 Å². The molecule has 2 N–H and O–H groups in total. The minimum atomic E-state index is -0.158. The van der Waals surface area contributed by atoms with Crippen LogP contribution in [0.2, 0.25) is 0 Å². The van der Waals surface area contributed by atoms with Gasteiger partial charge in [-0.15, -0.1) is 0 Å². The first-order valence-electron chi connectivity index (χ1n) is 12.0. The van der Waals surface area contributed by atoms with Gasteiger partial charge in [-0.3, -0.25) is 14.8 Å². The molecular weight excluding hydrogens is 464 g/mol. The molecule has 1 aliphatic rings. The molecule has 9 nitrogen and oxygen atoms in total. The number of nitrogens with zero attached hydrogens (tertiary/aromatic N) is 6. The molecule has 0 fully saturated rings. The molecular formula is C28H26N8O. The molecule has 0 saturated heterocycles. The lowest BCUT2D eigenvalue weighted by Crippen LogP contribution is -2.46. The molecule has 3 aromatic heterocycles. The average Bonchev–Trinajstić information content (AvgIpc) is 3.34. The quantitative estimate of drug-likeness (QED) is 0.337. The van der Waals surface area contributed by atoms with E-state index < -0.39 is 0 Å². The van der Waals surface area contributed by atoms with Crippen molar-refractivity contribution in [3.63, 3.8) is 0 Å². The summed E-state index contributed by atoms with van der Waals surface area (Å²) >= 11 is 0. The first kappa shape index (κ1) is 22.7. The van der Waals surface area contributed by atoms with Crippen molar-refractivity contribution in [3.8, 4) is 11.4 Å². The highest BCUT2D eigenvalue weighted by molar-refractivity contribution is 6.05. The van der Waals surface area contributed by atoms with E-state index in [1.165, 1.54) is 0 Å². The second kappa shape index (κ2) is 8.70. The number of benzene rings is 2. The van der Waals surface area contributed by atoms with Gasteiger partial charge in [-0.05, 0) is 56.2 Å². The SMILES string of the molecule is Cc1ccc(Nc2ncc3c(n2)N(C)C(=O)N(c2cc(-c4nc5c(C)cccc5[nH]4)ccc2C)C3)cn1. The van der Waals surface area contributed by atoms with Crippen molar-refractivity contribution in [1.29, 1.82) is 0 Å². The van der Waals surface area contributed by atoms with Crippen LogP contribution < -0.4 is 15.1 Å². The number of fused-ring (bicyclic) bond motifs is 2. The third kappa shape index (κ3) is 4.04. The smallest absolute Gasteiger partial charge is 0.330 e. The lowest BCUT2D eigenvalue weighted by Gasteiger charge is -2.35. The van der Waals surface area contributed by atoms with E-state index in [9.17, 15) is 4.79 Å². The third-order valence-electron chi connectivity index (χ3n) is 6.66. The number of H-pyrrole nitrogens is 1. The number of para-hydroxylation sites is 1. The van der Waals surface area contributed by atoms with Crippen LogP contribution in [0.3, 0.4) is 0 Å². The molecule has 0 radical (unpaired) electrons. The summed E-state index contributed by atoms with van der Waals surface area (Å²) in [5.74, 6) is 1.77. The summed E-state index contributed by atoms with van der Waals surface area (Å²) in [6.07, 6.45) is 3.50. The van der Waals surface area contributed by atoms with Gasteiger partial charge in [0, 0.05) is 35.8 Å². The first-order valence-corrected chi connectivity index (χ1v) is 12.0. The normalized spacial score (nSPS) is 13.2. The number of carbonyl (C=O) groups excluding carboxylic acids is 1. The standard InChI is InChI=1S/C28H26N8O/c1-16-8-10-19(25-32-22-7-5-6-17(2)24(22)33-25)12-23(16)36-15-20-13-30-27(34-26(20)35(4)28(36)37)31-21-11-9-18(3)29-14-21/h5-14H,15H2,1-4H3,(H,32,33)(H,30,31,34). The number of hydrogen-bond acceptors (Lipinski definition) is 6. The molecule has 2 amide bonds. The van der Waals surface area contributed by atoms with Gasteiger partial charge < -0.3 is 10.3 Å². The fourth-order valence-corrected chi connectivity index (χ4v) is 4.59. The molecule has 0 aliphatic carbocycles. The predicted molar refractivity (Wildman–Crippen MR) is 145 cm³/mol. The van der Waals surface area contributed by atoms with Gasteiger partial charge >= 0.3 is 6.03 Å². The minimum Gasteiger partial charge on any atom is -0.338 e. The van der Waals surface area contributed by atoms with Crippen LogP contribution in [-0.2, 0) is 6.54 Å². The van der Waals surface area contributed by atoms with Gasteiger partial charge in [-0.25, -0.2) is 14.8 Å². The van der Waals surface area contributed by atoms with Crippen LogP contribution >= 0.6 is 0 Å². The fraction of sp³-hybridized carbons (Fsp3) is 0.179. The van der Waals surface area contributed by atoms with Crippen LogP contribution in [-0.4, -0.2) is 38.0 Å². The molecule has 0 unspecified atom stereocenters. The van der Waals surface area contributed by atoms with Crippen molar-refractivity contribution in [3.05, 3.63) is 83.3 Å². The van der Waals surface area contributed by atoms with Crippen LogP contribution in [0.5, 0.6) is 0 Å². The zero-order chi connectivity index (χ0) is 25.7. The molecule has 184 valence electrons. The summed E-state index contributed by atoms with van der Waals surface area (Å²) in [6, 6.07) is 15.8. The maximum Gasteiger partial charge on any atom is 0.330 e. The van der Waals surface area contributed by atoms with Crippen LogP contribution in [0.25, 0.3) is 22.4 Å². The highest BCUT2D eigenvalue weighted by atomic mass is 16.2. The Morgan fingerprint density at radius 2 is 1.81 bits per heavy atom. The molecule has 5 aromatic rings. The number of aromatic nitrogens is 5. The van der Waals surface area contributed by atoms with Crippen molar-refractivity contribution >= 4 is 40.2 Å². The number of hydrogen-bond donors (Lipinski definition) is 2. The Labute approximate surface area is 214 Å². The molecule has 9 heteroatoms. The van der Waals surface area contributed by atoms with E-state index in [2.05, 4.69) is 25.3 Å². The van der Waals surface area contributed by atoms with E-state index in [1.807, 2.05) is 69.3 Å². The van der Waals surface area contributed by atoms with Crippen molar-refractivity contribution in [2.45, 2.75) is 27.3 Å². The summed E-state index contributed by atoms with van der Waals surface area (Å²) in [7, 11) is 1.73. The summed E-state index contributed by atoms with van der Waals surface area (Å²) in [4.78, 5) is 38.5. The first-order chi connectivity index (χ1) is 17.9. The van der Waals surface area contributed by atoms with E-state index in [4.69, 9.17) is 4.98 Å². The zero-order valence-electron chi connectivity index (χ0n) is 21.1. The second-order valence-corrected chi connectivity index (χ2v) is 9.34. The van der Waals surface area contributed by atoms with Crippen LogP contribution in [0, 0.1) is 20.8 Å². The van der Waals surface area contributed by atoms with Gasteiger partial charge in [-0.1, -0.05) is 24.3 Å². The van der Waals surface area contributed by atoms with Gasteiger partial charge in [-0.2, -0.15) is 4.98 Å². The van der Waals surface area contributed by atoms with Crippen molar-refractivity contribution in [2.24, 2.45) is 0 Å². The van der Waals surface area contributed by atoms with E-state index in [1.54, 1.807) is 29.2 Å². The summed E-state index contributed by atoms with van der Waals surface area (Å²) in [6.45, 7) is 6.35. The molecule has 4 heterocycles. The number of aromatic amines is 1. The summed E-state index contributed by atoms with van der Waals surface area (Å²) in [5, 5.41) is 3.16. The number of carbonyl (C=O) groups is 1. The number of urea groups is 1. The number of rotatable bonds is 4. The number of pyridine rings is 1. The molecule has 2 aromatic carbocycles. The average molecular weight is 491 g/mol. The Kier molecular flexibility index (Phi) is 5.33. The summed E-state index contributed by atoms with van der Waals surface area (Å²) < 4.78 is 0. The molecule has 0 spiro atoms. The van der Waals surface area contributed by atoms with Crippen LogP contribution in [0.15, 0.2) is 60.9 Å². The van der Waals surface area contributed by atoms with Crippen molar-refractivity contribution < 1.29 is 4.79 Å². The predicted octanol–water partition coefficient (Wildman–Crippen LogP) is 5.66. The second-order valence-electron chi connectivity index (χ2n) is 9.34. The topological polar surface area (TPSA) is 103 Å². The molecule has 1 aliphatic heterocycles. The highest BCUT2D eigenvalue weighted by Crippen LogP contribution is 2.34. The fourth-order valence-electron chi connectivity index (χ4n) is 4.59. The van der Waals surface area contributed by atoms with Crippen molar-refractivity contribution in [1.82, 2.24) is 24.9 Å². The molecule has 37 heavy (non-hydrogen) atoms. The Balaban J connectivity index is 1.32. The number of nitrogens with one attached hydrogen (secondary N) is 2. The molecule has 0 saturated carbocycles. The Morgan fingerprint density at radius 3 is 2.59 bits per heavy atom. The number of aryl methyl sites for hydroxylation is 3. The lowest BCUT2D eigenvalue weighted by atomic mass is 10.1. The van der Waals surface area contributed by atoms with Crippen molar-refractivity contribution in [2.75, 3.05) is 22.2 Å². The van der Waals surface area contributed by atoms with Gasteiger partial charge in [0.1, 0.15) is 11.6 Å². The Morgan fingerprint density at radius 1 is 0.946 bits per heavy atom. The largest absolute Gasteiger partial charge is 0.338 e. The van der Waals surface area contributed by atoms with Gasteiger partial charge in [0.2, 0.25) is 5.95 Å². The zero-order valence-corrected chi connectivity index (χ0v) is 21.1. The van der Waals surface area contributed by atoms with Gasteiger partial charge in [0.25, 0.3) is 0 Å². The lowest BCUT2D eigenvalue weighted by molar-refractivity contribution is 0.251. The van der Waals surface area contributed by atoms with E-state index in [-0.39, 0.29) is 6.03 Å². The third-order valence-corrected chi connectivity index (χ3v) is 6.66. The summed E-state index contributed by atoms with van der Waals surface area (Å²) in [5.41, 5.74) is 8.36. The monoisotopic (exact) mass is 490 g/mol. The van der Waals surface area contributed by atoms with E-state index in [0.717, 1.165) is 56.2 Å². The van der Waals surface area contributed by atoms with E-state index in [0.29, 0.717) is 18.3 Å². The maximum atomic E-state index is 13.5. The molecule has 0 atom stereocenters. The van der Waals surface area contributed by atoms with Crippen LogP contribution in [0.1, 0.15) is 22.4 Å². The van der Waals surface area contributed by atoms with Gasteiger partial charge in [0.05, 0.1) is 29.5 Å². The molecule has 0 bridgehead atoms. The Bertz CT molecular complexity index is 1660. The molecule has 6 rings (SSSR count).